The van der Waals surface area contributed by atoms with E-state index in [0.717, 1.165) is 20.4 Å². The number of anilines is 1. The van der Waals surface area contributed by atoms with Crippen molar-refractivity contribution in [2.24, 2.45) is 0 Å². The lowest BCUT2D eigenvalue weighted by molar-refractivity contribution is 0.103. The second-order valence-corrected chi connectivity index (χ2v) is 8.04. The second kappa shape index (κ2) is 6.98. The Labute approximate surface area is 153 Å². The average Bonchev–Trinajstić information content (AvgIpc) is 3.22. The van der Waals surface area contributed by atoms with Crippen LogP contribution in [0, 0.1) is 0 Å². The van der Waals surface area contributed by atoms with Crippen LogP contribution in [0.3, 0.4) is 0 Å². The first-order valence-electron chi connectivity index (χ1n) is 6.85. The molecule has 23 heavy (non-hydrogen) atoms. The van der Waals surface area contributed by atoms with Gasteiger partial charge in [-0.25, -0.2) is 0 Å². The average molecular weight is 459 g/mol. The fraction of sp³-hybridized carbons (Fsp3) is 0.214. The summed E-state index contributed by atoms with van der Waals surface area (Å²) in [6.45, 7) is 3.50. The Balaban J connectivity index is 1.65. The molecule has 1 amide bonds. The van der Waals surface area contributed by atoms with Gasteiger partial charge in [0.15, 0.2) is 0 Å². The molecule has 0 saturated carbocycles. The van der Waals surface area contributed by atoms with Gasteiger partial charge in [0.2, 0.25) is 0 Å². The molecular formula is C14H13Br2N5OS. The van der Waals surface area contributed by atoms with Gasteiger partial charge < -0.3 is 5.32 Å². The van der Waals surface area contributed by atoms with E-state index in [9.17, 15) is 4.79 Å². The van der Waals surface area contributed by atoms with Crippen LogP contribution >= 0.6 is 43.2 Å². The smallest absolute Gasteiger partial charge is 0.265 e. The van der Waals surface area contributed by atoms with Crippen LogP contribution in [-0.2, 0) is 13.1 Å². The number of rotatable bonds is 5. The first kappa shape index (κ1) is 16.4. The number of hydrogen-bond acceptors (Lipinski definition) is 4. The highest BCUT2D eigenvalue weighted by Crippen LogP contribution is 2.32. The van der Waals surface area contributed by atoms with E-state index in [0.29, 0.717) is 17.1 Å². The summed E-state index contributed by atoms with van der Waals surface area (Å²) in [5.74, 6) is -0.153. The summed E-state index contributed by atoms with van der Waals surface area (Å²) in [6.07, 6.45) is 7.25. The van der Waals surface area contributed by atoms with Gasteiger partial charge in [-0.1, -0.05) is 0 Å². The third-order valence-electron chi connectivity index (χ3n) is 3.12. The molecule has 0 saturated heterocycles. The molecule has 0 radical (unpaired) electrons. The molecular weight excluding hydrogens is 446 g/mol. The maximum absolute atomic E-state index is 12.2. The van der Waals surface area contributed by atoms with Crippen molar-refractivity contribution in [3.05, 3.63) is 49.6 Å². The Bertz CT molecular complexity index is 818. The summed E-state index contributed by atoms with van der Waals surface area (Å²) < 4.78 is 5.41. The first-order chi connectivity index (χ1) is 11.0. The van der Waals surface area contributed by atoms with Crippen LogP contribution in [0.5, 0.6) is 0 Å². The molecule has 0 aliphatic carbocycles. The molecule has 3 aromatic heterocycles. The van der Waals surface area contributed by atoms with Gasteiger partial charge in [0, 0.05) is 29.0 Å². The minimum absolute atomic E-state index is 0.153. The largest absolute Gasteiger partial charge is 0.319 e. The molecule has 3 rings (SSSR count). The van der Waals surface area contributed by atoms with Crippen LogP contribution in [0.2, 0.25) is 0 Å². The quantitative estimate of drug-likeness (QED) is 0.628. The molecule has 3 aromatic rings. The summed E-state index contributed by atoms with van der Waals surface area (Å²) >= 11 is 8.14. The van der Waals surface area contributed by atoms with Crippen molar-refractivity contribution in [3.8, 4) is 0 Å². The SMILES string of the molecule is CCn1cc(Cn2cc(NC(=O)c3cc(Br)c(Br)s3)cn2)cn1. The van der Waals surface area contributed by atoms with Gasteiger partial charge in [0.1, 0.15) is 0 Å². The Kier molecular flexibility index (Phi) is 4.98. The summed E-state index contributed by atoms with van der Waals surface area (Å²) in [6, 6.07) is 1.79. The molecule has 9 heteroatoms. The van der Waals surface area contributed by atoms with Crippen LogP contribution in [0.1, 0.15) is 22.2 Å². The molecule has 0 spiro atoms. The number of nitrogens with zero attached hydrogens (tertiary/aromatic N) is 4. The molecule has 0 atom stereocenters. The van der Waals surface area contributed by atoms with Crippen molar-refractivity contribution < 1.29 is 4.79 Å². The standard InChI is InChI=1S/C14H13Br2N5OS/c1-2-20-6-9(4-17-20)7-21-8-10(5-18-21)19-14(22)12-3-11(15)13(16)23-12/h3-6,8H,2,7H2,1H3,(H,19,22). The van der Waals surface area contributed by atoms with Crippen molar-refractivity contribution in [2.75, 3.05) is 5.32 Å². The van der Waals surface area contributed by atoms with Crippen molar-refractivity contribution in [1.29, 1.82) is 0 Å². The van der Waals surface area contributed by atoms with Crippen LogP contribution in [-0.4, -0.2) is 25.5 Å². The lowest BCUT2D eigenvalue weighted by atomic mass is 10.3. The van der Waals surface area contributed by atoms with Gasteiger partial charge in [0.05, 0.1) is 33.3 Å². The van der Waals surface area contributed by atoms with Crippen LogP contribution in [0.25, 0.3) is 0 Å². The van der Waals surface area contributed by atoms with Gasteiger partial charge in [-0.15, -0.1) is 11.3 Å². The van der Waals surface area contributed by atoms with Gasteiger partial charge in [-0.3, -0.25) is 14.2 Å². The van der Waals surface area contributed by atoms with Crippen molar-refractivity contribution >= 4 is 54.8 Å². The number of hydrogen-bond donors (Lipinski definition) is 1. The van der Waals surface area contributed by atoms with E-state index in [2.05, 4.69) is 47.4 Å². The molecule has 0 unspecified atom stereocenters. The highest BCUT2D eigenvalue weighted by Gasteiger charge is 2.13. The Morgan fingerprint density at radius 3 is 2.70 bits per heavy atom. The Hall–Kier alpha value is -1.45. The summed E-state index contributed by atoms with van der Waals surface area (Å²) in [5, 5.41) is 11.3. The lowest BCUT2D eigenvalue weighted by Gasteiger charge is -1.99. The predicted molar refractivity (Wildman–Crippen MR) is 96.9 cm³/mol. The van der Waals surface area contributed by atoms with Crippen LogP contribution < -0.4 is 5.32 Å². The fourth-order valence-corrected chi connectivity index (χ4v) is 3.94. The zero-order valence-electron chi connectivity index (χ0n) is 12.2. The van der Waals surface area contributed by atoms with Gasteiger partial charge in [-0.05, 0) is 44.8 Å². The lowest BCUT2D eigenvalue weighted by Crippen LogP contribution is -2.09. The van der Waals surface area contributed by atoms with Crippen molar-refractivity contribution in [2.45, 2.75) is 20.0 Å². The van der Waals surface area contributed by atoms with Crippen LogP contribution in [0.4, 0.5) is 5.69 Å². The second-order valence-electron chi connectivity index (χ2n) is 4.82. The molecule has 0 aromatic carbocycles. The van der Waals surface area contributed by atoms with E-state index in [-0.39, 0.29) is 5.91 Å². The third kappa shape index (κ3) is 3.91. The van der Waals surface area contributed by atoms with Gasteiger partial charge in [0.25, 0.3) is 5.91 Å². The highest BCUT2D eigenvalue weighted by atomic mass is 79.9. The number of carbonyl (C=O) groups excluding carboxylic acids is 1. The number of carbonyl (C=O) groups is 1. The van der Waals surface area contributed by atoms with E-state index < -0.39 is 0 Å². The predicted octanol–water partition coefficient (Wildman–Crippen LogP) is 3.99. The fourth-order valence-electron chi connectivity index (χ4n) is 2.01. The minimum Gasteiger partial charge on any atom is -0.319 e. The number of halogens is 2. The molecule has 1 N–H and O–H groups in total. The molecule has 3 heterocycles. The zero-order chi connectivity index (χ0) is 16.4. The normalized spacial score (nSPS) is 10.9. The first-order valence-corrected chi connectivity index (χ1v) is 9.25. The van der Waals surface area contributed by atoms with Crippen molar-refractivity contribution in [1.82, 2.24) is 19.6 Å². The summed E-state index contributed by atoms with van der Waals surface area (Å²) in [5.41, 5.74) is 1.73. The third-order valence-corrected chi connectivity index (χ3v) is 6.37. The number of aromatic nitrogens is 4. The van der Waals surface area contributed by atoms with Gasteiger partial charge in [-0.2, -0.15) is 10.2 Å². The number of amides is 1. The van der Waals surface area contributed by atoms with Gasteiger partial charge >= 0.3 is 0 Å². The van der Waals surface area contributed by atoms with Crippen molar-refractivity contribution in [3.63, 3.8) is 0 Å². The topological polar surface area (TPSA) is 64.7 Å². The maximum Gasteiger partial charge on any atom is 0.265 e. The summed E-state index contributed by atoms with van der Waals surface area (Å²) in [7, 11) is 0. The highest BCUT2D eigenvalue weighted by molar-refractivity contribution is 9.13. The molecule has 0 aliphatic rings. The Morgan fingerprint density at radius 1 is 1.26 bits per heavy atom. The number of thiophene rings is 1. The monoisotopic (exact) mass is 457 g/mol. The number of nitrogens with one attached hydrogen (secondary N) is 1. The zero-order valence-corrected chi connectivity index (χ0v) is 16.2. The molecule has 0 aliphatic heterocycles. The maximum atomic E-state index is 12.2. The van der Waals surface area contributed by atoms with Crippen LogP contribution in [0.15, 0.2) is 39.1 Å². The summed E-state index contributed by atoms with van der Waals surface area (Å²) in [4.78, 5) is 12.8. The minimum atomic E-state index is -0.153. The van der Waals surface area contributed by atoms with E-state index in [1.807, 2.05) is 24.0 Å². The van der Waals surface area contributed by atoms with E-state index >= 15 is 0 Å². The number of aryl methyl sites for hydroxylation is 1. The Morgan fingerprint density at radius 2 is 2.04 bits per heavy atom. The molecule has 120 valence electrons. The van der Waals surface area contributed by atoms with E-state index in [1.165, 1.54) is 11.3 Å². The molecule has 0 bridgehead atoms. The van der Waals surface area contributed by atoms with E-state index in [4.69, 9.17) is 0 Å². The van der Waals surface area contributed by atoms with E-state index in [1.54, 1.807) is 23.1 Å². The molecule has 0 fully saturated rings. The molecule has 6 nitrogen and oxygen atoms in total.